The van der Waals surface area contributed by atoms with E-state index >= 15 is 0 Å². The van der Waals surface area contributed by atoms with E-state index in [-0.39, 0.29) is 6.61 Å². The van der Waals surface area contributed by atoms with Crippen molar-refractivity contribution in [3.8, 4) is 0 Å². The van der Waals surface area contributed by atoms with Gasteiger partial charge >= 0.3 is 0 Å². The number of nitrogens with one attached hydrogen (secondary N) is 1. The first-order valence-corrected chi connectivity index (χ1v) is 5.94. The van der Waals surface area contributed by atoms with Crippen LogP contribution in [-0.2, 0) is 4.74 Å². The van der Waals surface area contributed by atoms with Crippen LogP contribution in [0.25, 0.3) is 0 Å². The van der Waals surface area contributed by atoms with Gasteiger partial charge in [0, 0.05) is 25.2 Å². The lowest BCUT2D eigenvalue weighted by Crippen LogP contribution is -2.46. The van der Waals surface area contributed by atoms with E-state index in [1.807, 2.05) is 0 Å². The fourth-order valence-electron chi connectivity index (χ4n) is 2.15. The zero-order valence-corrected chi connectivity index (χ0v) is 9.91. The summed E-state index contributed by atoms with van der Waals surface area (Å²) in [5.74, 6) is 0. The number of hydrogen-bond acceptors (Lipinski definition) is 4. The molecule has 1 aliphatic rings. The Hall–Kier alpha value is -0.160. The van der Waals surface area contributed by atoms with Crippen molar-refractivity contribution < 1.29 is 9.84 Å². The van der Waals surface area contributed by atoms with Crippen molar-refractivity contribution in [1.82, 2.24) is 10.2 Å². The Balaban J connectivity index is 2.27. The van der Waals surface area contributed by atoms with Gasteiger partial charge in [0.15, 0.2) is 0 Å². The van der Waals surface area contributed by atoms with Gasteiger partial charge in [-0.15, -0.1) is 0 Å². The zero-order valence-electron chi connectivity index (χ0n) is 9.91. The average molecular weight is 216 g/mol. The third-order valence-corrected chi connectivity index (χ3v) is 3.04. The second-order valence-electron chi connectivity index (χ2n) is 4.16. The second kappa shape index (κ2) is 7.17. The van der Waals surface area contributed by atoms with E-state index in [0.717, 1.165) is 39.3 Å². The molecule has 0 aromatic heterocycles. The first-order chi connectivity index (χ1) is 7.27. The van der Waals surface area contributed by atoms with E-state index in [2.05, 4.69) is 24.1 Å². The molecular formula is C11H24N2O2. The Morgan fingerprint density at radius 2 is 2.40 bits per heavy atom. The first kappa shape index (κ1) is 12.9. The Kier molecular flexibility index (Phi) is 6.17. The maximum Gasteiger partial charge on any atom is 0.0620 e. The summed E-state index contributed by atoms with van der Waals surface area (Å²) in [6, 6.07) is 0.975. The molecular weight excluding hydrogens is 192 g/mol. The van der Waals surface area contributed by atoms with Crippen molar-refractivity contribution in [1.29, 1.82) is 0 Å². The molecule has 4 nitrogen and oxygen atoms in total. The van der Waals surface area contributed by atoms with Gasteiger partial charge in [-0.05, 0) is 19.9 Å². The molecule has 2 unspecified atom stereocenters. The molecule has 0 aromatic carbocycles. The Labute approximate surface area is 92.6 Å². The highest BCUT2D eigenvalue weighted by Gasteiger charge is 2.19. The normalized spacial score (nSPS) is 24.4. The van der Waals surface area contributed by atoms with Crippen LogP contribution in [0.4, 0.5) is 0 Å². The van der Waals surface area contributed by atoms with Crippen molar-refractivity contribution in [3.05, 3.63) is 0 Å². The number of ether oxygens (including phenoxy) is 1. The highest BCUT2D eigenvalue weighted by Crippen LogP contribution is 2.08. The van der Waals surface area contributed by atoms with E-state index in [9.17, 15) is 0 Å². The number of aliphatic hydroxyl groups is 1. The summed E-state index contributed by atoms with van der Waals surface area (Å²) < 4.78 is 5.43. The SMILES string of the molecule is CCN(CCO)C(C)CC1COCCN1. The number of likely N-dealkylation sites (N-methyl/N-ethyl adjacent to an activating group) is 1. The van der Waals surface area contributed by atoms with Crippen molar-refractivity contribution in [2.75, 3.05) is 39.5 Å². The number of aliphatic hydroxyl groups excluding tert-OH is 1. The van der Waals surface area contributed by atoms with Gasteiger partial charge in [-0.2, -0.15) is 0 Å². The topological polar surface area (TPSA) is 44.7 Å². The molecule has 0 aliphatic carbocycles. The molecule has 1 heterocycles. The van der Waals surface area contributed by atoms with E-state index < -0.39 is 0 Å². The van der Waals surface area contributed by atoms with Crippen molar-refractivity contribution in [2.24, 2.45) is 0 Å². The lowest BCUT2D eigenvalue weighted by Gasteiger charge is -2.32. The summed E-state index contributed by atoms with van der Waals surface area (Å²) in [5, 5.41) is 12.4. The molecule has 0 radical (unpaired) electrons. The summed E-state index contributed by atoms with van der Waals surface area (Å²) in [4.78, 5) is 2.30. The van der Waals surface area contributed by atoms with Crippen LogP contribution in [-0.4, -0.2) is 61.5 Å². The van der Waals surface area contributed by atoms with Crippen molar-refractivity contribution in [3.63, 3.8) is 0 Å². The minimum Gasteiger partial charge on any atom is -0.395 e. The van der Waals surface area contributed by atoms with Crippen molar-refractivity contribution >= 4 is 0 Å². The van der Waals surface area contributed by atoms with Gasteiger partial charge in [0.2, 0.25) is 0 Å². The minimum absolute atomic E-state index is 0.243. The van der Waals surface area contributed by atoms with Crippen LogP contribution < -0.4 is 5.32 Å². The summed E-state index contributed by atoms with van der Waals surface area (Å²) in [6.07, 6.45) is 1.09. The summed E-state index contributed by atoms with van der Waals surface area (Å²) in [5.41, 5.74) is 0. The van der Waals surface area contributed by atoms with Gasteiger partial charge in [0.25, 0.3) is 0 Å². The molecule has 1 aliphatic heterocycles. The molecule has 4 heteroatoms. The number of morpholine rings is 1. The third-order valence-electron chi connectivity index (χ3n) is 3.04. The first-order valence-electron chi connectivity index (χ1n) is 5.94. The van der Waals surface area contributed by atoms with Gasteiger partial charge in [0.05, 0.1) is 19.8 Å². The number of hydrogen-bond donors (Lipinski definition) is 2. The molecule has 90 valence electrons. The molecule has 0 bridgehead atoms. The van der Waals surface area contributed by atoms with Gasteiger partial charge in [0.1, 0.15) is 0 Å². The van der Waals surface area contributed by atoms with Crippen LogP contribution in [0.15, 0.2) is 0 Å². The van der Waals surface area contributed by atoms with Crippen LogP contribution in [0, 0.1) is 0 Å². The Bertz CT molecular complexity index is 161. The summed E-state index contributed by atoms with van der Waals surface area (Å²) in [7, 11) is 0. The predicted molar refractivity (Wildman–Crippen MR) is 61.0 cm³/mol. The van der Waals surface area contributed by atoms with E-state index in [4.69, 9.17) is 9.84 Å². The molecule has 2 N–H and O–H groups in total. The van der Waals surface area contributed by atoms with E-state index in [1.165, 1.54) is 0 Å². The number of rotatable bonds is 6. The maximum atomic E-state index is 8.94. The second-order valence-corrected chi connectivity index (χ2v) is 4.16. The van der Waals surface area contributed by atoms with Crippen molar-refractivity contribution in [2.45, 2.75) is 32.4 Å². The molecule has 1 saturated heterocycles. The van der Waals surface area contributed by atoms with E-state index in [1.54, 1.807) is 0 Å². The van der Waals surface area contributed by atoms with Gasteiger partial charge in [-0.1, -0.05) is 6.92 Å². The maximum absolute atomic E-state index is 8.94. The molecule has 2 atom stereocenters. The van der Waals surface area contributed by atoms with Crippen LogP contribution in [0.5, 0.6) is 0 Å². The lowest BCUT2D eigenvalue weighted by molar-refractivity contribution is 0.0602. The van der Waals surface area contributed by atoms with Gasteiger partial charge in [-0.3, -0.25) is 4.90 Å². The standard InChI is InChI=1S/C11H24N2O2/c1-3-13(5-6-14)10(2)8-11-9-15-7-4-12-11/h10-12,14H,3-9H2,1-2H3. The average Bonchev–Trinajstić information content (AvgIpc) is 2.27. The monoisotopic (exact) mass is 216 g/mol. The highest BCUT2D eigenvalue weighted by molar-refractivity contribution is 4.77. The molecule has 0 saturated carbocycles. The van der Waals surface area contributed by atoms with E-state index in [0.29, 0.717) is 12.1 Å². The molecule has 0 amide bonds. The molecule has 1 fully saturated rings. The van der Waals surface area contributed by atoms with Crippen LogP contribution >= 0.6 is 0 Å². The summed E-state index contributed by atoms with van der Waals surface area (Å²) >= 11 is 0. The predicted octanol–water partition coefficient (Wildman–Crippen LogP) is 0.0676. The molecule has 15 heavy (non-hydrogen) atoms. The van der Waals surface area contributed by atoms with Crippen LogP contribution in [0.3, 0.4) is 0 Å². The largest absolute Gasteiger partial charge is 0.395 e. The van der Waals surface area contributed by atoms with Gasteiger partial charge in [-0.25, -0.2) is 0 Å². The smallest absolute Gasteiger partial charge is 0.0620 e. The minimum atomic E-state index is 0.243. The number of nitrogens with zero attached hydrogens (tertiary/aromatic N) is 1. The van der Waals surface area contributed by atoms with Gasteiger partial charge < -0.3 is 15.2 Å². The fraction of sp³-hybridized carbons (Fsp3) is 1.00. The van der Waals surface area contributed by atoms with Crippen LogP contribution in [0.1, 0.15) is 20.3 Å². The summed E-state index contributed by atoms with van der Waals surface area (Å²) in [6.45, 7) is 8.98. The van der Waals surface area contributed by atoms with Crippen LogP contribution in [0.2, 0.25) is 0 Å². The Morgan fingerprint density at radius 3 is 2.93 bits per heavy atom. The third kappa shape index (κ3) is 4.47. The molecule has 1 rings (SSSR count). The molecule has 0 aromatic rings. The lowest BCUT2D eigenvalue weighted by atomic mass is 10.1. The Morgan fingerprint density at radius 1 is 1.60 bits per heavy atom. The highest BCUT2D eigenvalue weighted by atomic mass is 16.5. The zero-order chi connectivity index (χ0) is 11.1. The fourth-order valence-corrected chi connectivity index (χ4v) is 2.15. The quantitative estimate of drug-likeness (QED) is 0.659. The molecule has 0 spiro atoms.